The van der Waals surface area contributed by atoms with Crippen molar-refractivity contribution >= 4 is 23.9 Å². The molecule has 2 aromatic rings. The van der Waals surface area contributed by atoms with Crippen molar-refractivity contribution in [2.75, 3.05) is 12.9 Å². The molecule has 0 atom stereocenters. The number of hydrazone groups is 1. The lowest BCUT2D eigenvalue weighted by Crippen LogP contribution is -2.19. The molecule has 5 nitrogen and oxygen atoms in total. The van der Waals surface area contributed by atoms with Crippen LogP contribution in [0.25, 0.3) is 0 Å². The van der Waals surface area contributed by atoms with Gasteiger partial charge in [0, 0.05) is 5.75 Å². The molecule has 0 aliphatic rings. The maximum atomic E-state index is 11.8. The summed E-state index contributed by atoms with van der Waals surface area (Å²) in [6.45, 7) is 4.14. The van der Waals surface area contributed by atoms with Crippen LogP contribution in [0.5, 0.6) is 11.5 Å². The minimum Gasteiger partial charge on any atom is -0.504 e. The number of aryl methyl sites for hydroxylation is 2. The Morgan fingerprint density at radius 1 is 1.24 bits per heavy atom. The summed E-state index contributed by atoms with van der Waals surface area (Å²) in [5.74, 6) is 1.39. The van der Waals surface area contributed by atoms with Gasteiger partial charge in [0.2, 0.25) is 5.91 Å². The first-order chi connectivity index (χ1) is 12.0. The molecule has 0 radical (unpaired) electrons. The number of aromatic hydroxyl groups is 1. The summed E-state index contributed by atoms with van der Waals surface area (Å²) in [5.41, 5.74) is 6.90. The molecule has 0 saturated carbocycles. The van der Waals surface area contributed by atoms with Crippen LogP contribution in [0.4, 0.5) is 0 Å². The van der Waals surface area contributed by atoms with Gasteiger partial charge in [-0.25, -0.2) is 5.43 Å². The Labute approximate surface area is 152 Å². The quantitative estimate of drug-likeness (QED) is 0.588. The molecule has 2 rings (SSSR count). The van der Waals surface area contributed by atoms with E-state index in [9.17, 15) is 9.90 Å². The van der Waals surface area contributed by atoms with Crippen LogP contribution >= 0.6 is 11.8 Å². The molecule has 132 valence electrons. The molecule has 0 aliphatic heterocycles. The van der Waals surface area contributed by atoms with Crippen LogP contribution < -0.4 is 10.2 Å². The SMILES string of the molecule is COc1cc(/C=N\NC(=O)CSCc2cc(C)cc(C)c2)ccc1O. The van der Waals surface area contributed by atoms with Crippen molar-refractivity contribution in [1.82, 2.24) is 5.43 Å². The number of amides is 1. The third-order valence-electron chi connectivity index (χ3n) is 3.39. The average molecular weight is 358 g/mol. The van der Waals surface area contributed by atoms with E-state index in [1.807, 2.05) is 0 Å². The van der Waals surface area contributed by atoms with Gasteiger partial charge in [-0.2, -0.15) is 5.10 Å². The van der Waals surface area contributed by atoms with Gasteiger partial charge < -0.3 is 9.84 Å². The van der Waals surface area contributed by atoms with Crippen LogP contribution in [0.2, 0.25) is 0 Å². The molecule has 0 spiro atoms. The molecule has 0 heterocycles. The maximum absolute atomic E-state index is 11.8. The molecule has 6 heteroatoms. The van der Waals surface area contributed by atoms with Gasteiger partial charge in [-0.15, -0.1) is 11.8 Å². The molecular weight excluding hydrogens is 336 g/mol. The summed E-state index contributed by atoms with van der Waals surface area (Å²) in [6.07, 6.45) is 1.51. The van der Waals surface area contributed by atoms with Crippen LogP contribution in [0, 0.1) is 13.8 Å². The zero-order chi connectivity index (χ0) is 18.2. The molecule has 0 aromatic heterocycles. The third kappa shape index (κ3) is 6.15. The Hall–Kier alpha value is -2.47. The molecule has 0 fully saturated rings. The minimum atomic E-state index is -0.156. The number of ether oxygens (including phenoxy) is 1. The molecule has 0 saturated heterocycles. The first-order valence-electron chi connectivity index (χ1n) is 7.82. The Balaban J connectivity index is 1.78. The maximum Gasteiger partial charge on any atom is 0.250 e. The highest BCUT2D eigenvalue weighted by atomic mass is 32.2. The van der Waals surface area contributed by atoms with Gasteiger partial charge in [0.05, 0.1) is 19.1 Å². The van der Waals surface area contributed by atoms with Gasteiger partial charge in [-0.1, -0.05) is 29.3 Å². The number of nitrogens with one attached hydrogen (secondary N) is 1. The zero-order valence-electron chi connectivity index (χ0n) is 14.6. The Bertz CT molecular complexity index is 755. The van der Waals surface area contributed by atoms with E-state index in [1.165, 1.54) is 36.1 Å². The number of hydrogen-bond donors (Lipinski definition) is 2. The van der Waals surface area contributed by atoms with E-state index < -0.39 is 0 Å². The number of carbonyl (C=O) groups excluding carboxylic acids is 1. The number of methoxy groups -OCH3 is 1. The van der Waals surface area contributed by atoms with Gasteiger partial charge in [-0.05, 0) is 43.2 Å². The van der Waals surface area contributed by atoms with Crippen LogP contribution in [0.1, 0.15) is 22.3 Å². The smallest absolute Gasteiger partial charge is 0.250 e. The summed E-state index contributed by atoms with van der Waals surface area (Å²) in [6, 6.07) is 11.2. The molecule has 0 aliphatic carbocycles. The van der Waals surface area contributed by atoms with Gasteiger partial charge in [0.15, 0.2) is 11.5 Å². The lowest BCUT2D eigenvalue weighted by Gasteiger charge is -2.05. The highest BCUT2D eigenvalue weighted by molar-refractivity contribution is 7.99. The van der Waals surface area contributed by atoms with Gasteiger partial charge >= 0.3 is 0 Å². The monoisotopic (exact) mass is 358 g/mol. The normalized spacial score (nSPS) is 10.8. The predicted octanol–water partition coefficient (Wildman–Crippen LogP) is 3.40. The second kappa shape index (κ2) is 9.13. The van der Waals surface area contributed by atoms with Crippen molar-refractivity contribution in [1.29, 1.82) is 0 Å². The predicted molar refractivity (Wildman–Crippen MR) is 102 cm³/mol. The number of carbonyl (C=O) groups is 1. The largest absolute Gasteiger partial charge is 0.504 e. The van der Waals surface area contributed by atoms with E-state index in [1.54, 1.807) is 23.9 Å². The first-order valence-corrected chi connectivity index (χ1v) is 8.97. The topological polar surface area (TPSA) is 70.9 Å². The number of phenols is 1. The number of nitrogens with zero attached hydrogens (tertiary/aromatic N) is 1. The fraction of sp³-hybridized carbons (Fsp3) is 0.263. The number of phenolic OH excluding ortho intramolecular Hbond substituents is 1. The van der Waals surface area contributed by atoms with Crippen LogP contribution in [-0.2, 0) is 10.5 Å². The van der Waals surface area contributed by atoms with Crippen molar-refractivity contribution in [3.8, 4) is 11.5 Å². The zero-order valence-corrected chi connectivity index (χ0v) is 15.4. The molecular formula is C19H22N2O3S. The standard InChI is InChI=1S/C19H22N2O3S/c1-13-6-14(2)8-16(7-13)11-25-12-19(23)21-20-10-15-4-5-17(22)18(9-15)24-3/h4-10,22H,11-12H2,1-3H3,(H,21,23)/b20-10-. The highest BCUT2D eigenvalue weighted by Gasteiger charge is 2.03. The Morgan fingerprint density at radius 3 is 2.64 bits per heavy atom. The van der Waals surface area contributed by atoms with Crippen molar-refractivity contribution in [3.63, 3.8) is 0 Å². The summed E-state index contributed by atoms with van der Waals surface area (Å²) in [4.78, 5) is 11.8. The van der Waals surface area contributed by atoms with E-state index in [0.29, 0.717) is 11.5 Å². The second-order valence-electron chi connectivity index (χ2n) is 5.71. The molecule has 1 amide bonds. The molecule has 2 aromatic carbocycles. The van der Waals surface area contributed by atoms with Gasteiger partial charge in [-0.3, -0.25) is 4.79 Å². The third-order valence-corrected chi connectivity index (χ3v) is 4.39. The van der Waals surface area contributed by atoms with Crippen molar-refractivity contribution < 1.29 is 14.6 Å². The summed E-state index contributed by atoms with van der Waals surface area (Å²) >= 11 is 1.55. The lowest BCUT2D eigenvalue weighted by molar-refractivity contribution is -0.118. The number of hydrogen-bond acceptors (Lipinski definition) is 5. The van der Waals surface area contributed by atoms with E-state index in [2.05, 4.69) is 42.6 Å². The Morgan fingerprint density at radius 2 is 1.96 bits per heavy atom. The van der Waals surface area contributed by atoms with Crippen LogP contribution in [-0.4, -0.2) is 30.1 Å². The van der Waals surface area contributed by atoms with Crippen LogP contribution in [0.15, 0.2) is 41.5 Å². The minimum absolute atomic E-state index is 0.0615. The number of rotatable bonds is 7. The summed E-state index contributed by atoms with van der Waals surface area (Å²) < 4.78 is 5.02. The molecule has 2 N–H and O–H groups in total. The van der Waals surface area contributed by atoms with E-state index in [-0.39, 0.29) is 11.7 Å². The van der Waals surface area contributed by atoms with Gasteiger partial charge in [0.25, 0.3) is 0 Å². The summed E-state index contributed by atoms with van der Waals surface area (Å²) in [7, 11) is 1.48. The highest BCUT2D eigenvalue weighted by Crippen LogP contribution is 2.25. The van der Waals surface area contributed by atoms with Crippen molar-refractivity contribution in [2.24, 2.45) is 5.10 Å². The summed E-state index contributed by atoms with van der Waals surface area (Å²) in [5, 5.41) is 13.5. The Kier molecular flexibility index (Phi) is 6.89. The second-order valence-corrected chi connectivity index (χ2v) is 6.70. The van der Waals surface area contributed by atoms with E-state index in [0.717, 1.165) is 11.3 Å². The van der Waals surface area contributed by atoms with Crippen molar-refractivity contribution in [2.45, 2.75) is 19.6 Å². The van der Waals surface area contributed by atoms with Gasteiger partial charge in [0.1, 0.15) is 0 Å². The molecule has 25 heavy (non-hydrogen) atoms. The first kappa shape index (κ1) is 18.9. The van der Waals surface area contributed by atoms with Crippen LogP contribution in [0.3, 0.4) is 0 Å². The lowest BCUT2D eigenvalue weighted by atomic mass is 10.1. The molecule has 0 unspecified atom stereocenters. The number of benzene rings is 2. The average Bonchev–Trinajstić information content (AvgIpc) is 2.55. The molecule has 0 bridgehead atoms. The van der Waals surface area contributed by atoms with E-state index >= 15 is 0 Å². The van der Waals surface area contributed by atoms with Crippen molar-refractivity contribution in [3.05, 3.63) is 58.7 Å². The number of thioether (sulfide) groups is 1. The van der Waals surface area contributed by atoms with E-state index in [4.69, 9.17) is 4.74 Å². The fourth-order valence-electron chi connectivity index (χ4n) is 2.40. The fourth-order valence-corrected chi connectivity index (χ4v) is 3.15.